The lowest BCUT2D eigenvalue weighted by atomic mass is 10.2. The van der Waals surface area contributed by atoms with Crippen molar-refractivity contribution in [2.75, 3.05) is 31.8 Å². The summed E-state index contributed by atoms with van der Waals surface area (Å²) in [4.78, 5) is 1.78. The van der Waals surface area contributed by atoms with E-state index < -0.39 is 0 Å². The molecule has 0 radical (unpaired) electrons. The van der Waals surface area contributed by atoms with Crippen molar-refractivity contribution < 1.29 is 14.9 Å². The van der Waals surface area contributed by atoms with Crippen molar-refractivity contribution in [2.45, 2.75) is 13.0 Å². The maximum absolute atomic E-state index is 9.11. The van der Waals surface area contributed by atoms with Crippen molar-refractivity contribution in [1.29, 1.82) is 0 Å². The molecule has 4 nitrogen and oxygen atoms in total. The third-order valence-electron chi connectivity index (χ3n) is 2.59. The van der Waals surface area contributed by atoms with E-state index in [0.29, 0.717) is 17.4 Å². The van der Waals surface area contributed by atoms with E-state index >= 15 is 0 Å². The fraction of sp³-hybridized carbons (Fsp3) is 0.500. The first kappa shape index (κ1) is 14.1. The minimum absolute atomic E-state index is 0.113. The van der Waals surface area contributed by atoms with E-state index in [0.717, 1.165) is 5.69 Å². The number of halogens is 1. The van der Waals surface area contributed by atoms with E-state index in [2.05, 4.69) is 0 Å². The Kier molecular flexibility index (Phi) is 5.55. The molecule has 0 amide bonds. The van der Waals surface area contributed by atoms with Crippen LogP contribution in [-0.4, -0.2) is 43.1 Å². The number of ether oxygens (including phenoxy) is 1. The number of aliphatic hydroxyl groups is 2. The predicted octanol–water partition coefficient (Wildman–Crippen LogP) is 1.53. The lowest BCUT2D eigenvalue weighted by Crippen LogP contribution is -2.37. The molecule has 5 heteroatoms. The van der Waals surface area contributed by atoms with Gasteiger partial charge in [0.2, 0.25) is 0 Å². The van der Waals surface area contributed by atoms with E-state index in [1.165, 1.54) is 0 Å². The Balaban J connectivity index is 2.88. The molecule has 0 aliphatic carbocycles. The topological polar surface area (TPSA) is 52.9 Å². The normalized spacial score (nSPS) is 10.7. The summed E-state index contributed by atoms with van der Waals surface area (Å²) >= 11 is 6.07. The van der Waals surface area contributed by atoms with E-state index in [-0.39, 0.29) is 19.3 Å². The van der Waals surface area contributed by atoms with E-state index in [1.807, 2.05) is 13.0 Å². The van der Waals surface area contributed by atoms with Gasteiger partial charge in [-0.3, -0.25) is 0 Å². The maximum Gasteiger partial charge on any atom is 0.138 e. The molecule has 1 aromatic carbocycles. The average molecular weight is 260 g/mol. The van der Waals surface area contributed by atoms with Gasteiger partial charge < -0.3 is 19.8 Å². The molecule has 0 fully saturated rings. The Morgan fingerprint density at radius 3 is 2.47 bits per heavy atom. The number of hydrogen-bond donors (Lipinski definition) is 2. The summed E-state index contributed by atoms with van der Waals surface area (Å²) in [6.07, 6.45) is 0. The predicted molar refractivity (Wildman–Crippen MR) is 69.0 cm³/mol. The first-order valence-electron chi connectivity index (χ1n) is 5.50. The molecule has 2 N–H and O–H groups in total. The second-order valence-electron chi connectivity index (χ2n) is 3.68. The van der Waals surface area contributed by atoms with Gasteiger partial charge in [-0.25, -0.2) is 0 Å². The van der Waals surface area contributed by atoms with Crippen LogP contribution in [0.4, 0.5) is 5.69 Å². The Labute approximate surface area is 106 Å². The average Bonchev–Trinajstić information content (AvgIpc) is 2.33. The van der Waals surface area contributed by atoms with Crippen LogP contribution in [-0.2, 0) is 0 Å². The Hall–Kier alpha value is -0.970. The van der Waals surface area contributed by atoms with Crippen LogP contribution in [0.2, 0.25) is 5.02 Å². The molecule has 96 valence electrons. The molecule has 0 aromatic heterocycles. The van der Waals surface area contributed by atoms with Crippen LogP contribution in [0.3, 0.4) is 0 Å². The Bertz CT molecular complexity index is 356. The molecule has 0 heterocycles. The van der Waals surface area contributed by atoms with Gasteiger partial charge in [0.25, 0.3) is 0 Å². The summed E-state index contributed by atoms with van der Waals surface area (Å²) in [7, 11) is 1.79. The number of benzene rings is 1. The summed E-state index contributed by atoms with van der Waals surface area (Å²) < 4.78 is 5.34. The molecule has 0 saturated carbocycles. The molecule has 0 atom stereocenters. The monoisotopic (exact) mass is 259 g/mol. The molecule has 0 aliphatic heterocycles. The van der Waals surface area contributed by atoms with Gasteiger partial charge >= 0.3 is 0 Å². The zero-order chi connectivity index (χ0) is 12.8. The van der Waals surface area contributed by atoms with Gasteiger partial charge in [0.05, 0.1) is 30.9 Å². The van der Waals surface area contributed by atoms with Crippen LogP contribution in [0.5, 0.6) is 5.75 Å². The van der Waals surface area contributed by atoms with Crippen LogP contribution in [0.25, 0.3) is 0 Å². The van der Waals surface area contributed by atoms with E-state index in [9.17, 15) is 0 Å². The van der Waals surface area contributed by atoms with Gasteiger partial charge in [0.15, 0.2) is 0 Å². The molecule has 1 rings (SSSR count). The number of nitrogens with zero attached hydrogens (tertiary/aromatic N) is 1. The molecule has 0 bridgehead atoms. The fourth-order valence-corrected chi connectivity index (χ4v) is 1.72. The van der Waals surface area contributed by atoms with E-state index in [1.54, 1.807) is 24.1 Å². The second-order valence-corrected chi connectivity index (χ2v) is 4.08. The molecular weight excluding hydrogens is 242 g/mol. The van der Waals surface area contributed by atoms with Gasteiger partial charge in [0, 0.05) is 12.7 Å². The van der Waals surface area contributed by atoms with Crippen LogP contribution in [0, 0.1) is 0 Å². The highest BCUT2D eigenvalue weighted by molar-refractivity contribution is 6.32. The van der Waals surface area contributed by atoms with Crippen molar-refractivity contribution in [3.05, 3.63) is 23.2 Å². The van der Waals surface area contributed by atoms with Crippen molar-refractivity contribution >= 4 is 17.3 Å². The SMILES string of the molecule is CCOc1ccc(N(C)C(CO)CO)cc1Cl. The summed E-state index contributed by atoms with van der Waals surface area (Å²) in [6.45, 7) is 2.23. The summed E-state index contributed by atoms with van der Waals surface area (Å²) in [5.41, 5.74) is 0.826. The zero-order valence-corrected chi connectivity index (χ0v) is 10.8. The quantitative estimate of drug-likeness (QED) is 0.814. The standard InChI is InChI=1S/C12H18ClNO3/c1-3-17-12-5-4-9(6-11(12)13)14(2)10(7-15)8-16/h4-6,10,15-16H,3,7-8H2,1-2H3. The first-order chi connectivity index (χ1) is 8.13. The van der Waals surface area contributed by atoms with Gasteiger partial charge in [-0.1, -0.05) is 11.6 Å². The van der Waals surface area contributed by atoms with Gasteiger partial charge in [-0.05, 0) is 25.1 Å². The molecule has 0 unspecified atom stereocenters. The Morgan fingerprint density at radius 2 is 2.00 bits per heavy atom. The molecule has 0 aliphatic rings. The lowest BCUT2D eigenvalue weighted by Gasteiger charge is -2.27. The maximum atomic E-state index is 9.11. The number of likely N-dealkylation sites (N-methyl/N-ethyl adjacent to an activating group) is 1. The molecule has 0 saturated heterocycles. The minimum Gasteiger partial charge on any atom is -0.492 e. The molecular formula is C12H18ClNO3. The van der Waals surface area contributed by atoms with Crippen LogP contribution >= 0.6 is 11.6 Å². The largest absolute Gasteiger partial charge is 0.492 e. The Morgan fingerprint density at radius 1 is 1.35 bits per heavy atom. The van der Waals surface area contributed by atoms with Crippen molar-refractivity contribution in [1.82, 2.24) is 0 Å². The highest BCUT2D eigenvalue weighted by Crippen LogP contribution is 2.29. The highest BCUT2D eigenvalue weighted by atomic mass is 35.5. The van der Waals surface area contributed by atoms with Crippen LogP contribution < -0.4 is 9.64 Å². The second kappa shape index (κ2) is 6.69. The summed E-state index contributed by atoms with van der Waals surface area (Å²) in [6, 6.07) is 5.05. The van der Waals surface area contributed by atoms with Crippen LogP contribution in [0.15, 0.2) is 18.2 Å². The van der Waals surface area contributed by atoms with Crippen molar-refractivity contribution in [2.24, 2.45) is 0 Å². The van der Waals surface area contributed by atoms with Crippen molar-refractivity contribution in [3.8, 4) is 5.75 Å². The smallest absolute Gasteiger partial charge is 0.138 e. The van der Waals surface area contributed by atoms with E-state index in [4.69, 9.17) is 26.6 Å². The van der Waals surface area contributed by atoms with Gasteiger partial charge in [-0.2, -0.15) is 0 Å². The highest BCUT2D eigenvalue weighted by Gasteiger charge is 2.14. The lowest BCUT2D eigenvalue weighted by molar-refractivity contribution is 0.191. The number of rotatable bonds is 6. The number of anilines is 1. The van der Waals surface area contributed by atoms with Gasteiger partial charge in [0.1, 0.15) is 5.75 Å². The number of aliphatic hydroxyl groups excluding tert-OH is 2. The third kappa shape index (κ3) is 3.49. The van der Waals surface area contributed by atoms with Crippen molar-refractivity contribution in [3.63, 3.8) is 0 Å². The zero-order valence-electron chi connectivity index (χ0n) is 10.1. The van der Waals surface area contributed by atoms with Gasteiger partial charge in [-0.15, -0.1) is 0 Å². The third-order valence-corrected chi connectivity index (χ3v) is 2.89. The summed E-state index contributed by atoms with van der Waals surface area (Å²) in [5, 5.41) is 18.7. The molecule has 1 aromatic rings. The molecule has 17 heavy (non-hydrogen) atoms. The summed E-state index contributed by atoms with van der Waals surface area (Å²) in [5.74, 6) is 0.635. The molecule has 0 spiro atoms. The number of hydrogen-bond acceptors (Lipinski definition) is 4. The minimum atomic E-state index is -0.330. The van der Waals surface area contributed by atoms with Crippen LogP contribution in [0.1, 0.15) is 6.92 Å². The fourth-order valence-electron chi connectivity index (χ4n) is 1.50. The first-order valence-corrected chi connectivity index (χ1v) is 5.88.